The van der Waals surface area contributed by atoms with Gasteiger partial charge in [0.1, 0.15) is 5.82 Å². The summed E-state index contributed by atoms with van der Waals surface area (Å²) in [6.07, 6.45) is 1.36. The summed E-state index contributed by atoms with van der Waals surface area (Å²) in [5.41, 5.74) is 2.92. The number of halogens is 2. The molecule has 0 aromatic heterocycles. The molecule has 0 spiro atoms. The molecule has 0 unspecified atom stereocenters. The Hall–Kier alpha value is -1.01. The van der Waals surface area contributed by atoms with Crippen molar-refractivity contribution in [2.24, 2.45) is 5.10 Å². The quantitative estimate of drug-likeness (QED) is 0.497. The van der Waals surface area contributed by atoms with E-state index in [0.717, 1.165) is 4.47 Å². The van der Waals surface area contributed by atoms with Crippen LogP contribution in [-0.2, 0) is 0 Å². The molecule has 0 saturated carbocycles. The van der Waals surface area contributed by atoms with Crippen molar-refractivity contribution < 1.29 is 4.39 Å². The summed E-state index contributed by atoms with van der Waals surface area (Å²) in [6.45, 7) is 0. The van der Waals surface area contributed by atoms with Crippen LogP contribution in [0.1, 0.15) is 5.56 Å². The number of rotatable bonds is 2. The Morgan fingerprint density at radius 1 is 1.60 bits per heavy atom. The molecule has 0 atom stereocenters. The Labute approximate surface area is 101 Å². The molecule has 0 amide bonds. The number of hydrogen-bond donors (Lipinski definition) is 2. The lowest BCUT2D eigenvalue weighted by Gasteiger charge is -2.00. The van der Waals surface area contributed by atoms with Crippen molar-refractivity contribution >= 4 is 39.5 Å². The third-order valence-electron chi connectivity index (χ3n) is 1.55. The fourth-order valence-corrected chi connectivity index (χ4v) is 1.26. The highest BCUT2D eigenvalue weighted by Gasteiger charge is 1.99. The second-order valence-corrected chi connectivity index (χ2v) is 3.94. The normalized spacial score (nSPS) is 10.3. The van der Waals surface area contributed by atoms with Gasteiger partial charge in [-0.15, -0.1) is 0 Å². The van der Waals surface area contributed by atoms with Gasteiger partial charge in [0.15, 0.2) is 5.11 Å². The zero-order valence-corrected chi connectivity index (χ0v) is 10.3. The highest BCUT2D eigenvalue weighted by atomic mass is 79.9. The van der Waals surface area contributed by atoms with Crippen LogP contribution in [0.3, 0.4) is 0 Å². The van der Waals surface area contributed by atoms with E-state index in [1.165, 1.54) is 12.3 Å². The van der Waals surface area contributed by atoms with Crippen LogP contribution in [-0.4, -0.2) is 18.4 Å². The van der Waals surface area contributed by atoms with Crippen LogP contribution in [0.5, 0.6) is 0 Å². The number of nitrogens with zero attached hydrogens (tertiary/aromatic N) is 1. The Morgan fingerprint density at radius 3 is 3.00 bits per heavy atom. The van der Waals surface area contributed by atoms with Crippen molar-refractivity contribution in [3.05, 3.63) is 34.1 Å². The van der Waals surface area contributed by atoms with Crippen molar-refractivity contribution in [2.45, 2.75) is 0 Å². The van der Waals surface area contributed by atoms with E-state index in [9.17, 15) is 4.39 Å². The average Bonchev–Trinajstić information content (AvgIpc) is 2.23. The largest absolute Gasteiger partial charge is 0.364 e. The first-order valence-corrected chi connectivity index (χ1v) is 5.29. The first kappa shape index (κ1) is 12.1. The van der Waals surface area contributed by atoms with Crippen LogP contribution in [0.15, 0.2) is 27.8 Å². The summed E-state index contributed by atoms with van der Waals surface area (Å²) in [5.74, 6) is -0.334. The van der Waals surface area contributed by atoms with Crippen LogP contribution in [0.4, 0.5) is 4.39 Å². The van der Waals surface area contributed by atoms with Gasteiger partial charge in [0.2, 0.25) is 0 Å². The van der Waals surface area contributed by atoms with Crippen molar-refractivity contribution in [1.82, 2.24) is 10.7 Å². The molecule has 2 N–H and O–H groups in total. The molecule has 0 saturated heterocycles. The summed E-state index contributed by atoms with van der Waals surface area (Å²) in [6, 6.07) is 4.61. The van der Waals surface area contributed by atoms with E-state index >= 15 is 0 Å². The summed E-state index contributed by atoms with van der Waals surface area (Å²) >= 11 is 8.03. The first-order chi connectivity index (χ1) is 7.13. The van der Waals surface area contributed by atoms with E-state index in [-0.39, 0.29) is 5.82 Å². The summed E-state index contributed by atoms with van der Waals surface area (Å²) in [5, 5.41) is 6.83. The number of hydrogen-bond acceptors (Lipinski definition) is 2. The minimum absolute atomic E-state index is 0.334. The predicted molar refractivity (Wildman–Crippen MR) is 66.5 cm³/mol. The van der Waals surface area contributed by atoms with E-state index in [1.807, 2.05) is 0 Å². The van der Waals surface area contributed by atoms with Crippen molar-refractivity contribution in [1.29, 1.82) is 0 Å². The summed E-state index contributed by atoms with van der Waals surface area (Å²) in [4.78, 5) is 0. The third-order valence-corrected chi connectivity index (χ3v) is 2.34. The van der Waals surface area contributed by atoms with Crippen LogP contribution in [0, 0.1) is 5.82 Å². The molecule has 1 rings (SSSR count). The van der Waals surface area contributed by atoms with Gasteiger partial charge in [-0.2, -0.15) is 5.10 Å². The maximum atomic E-state index is 13.2. The second kappa shape index (κ2) is 5.77. The topological polar surface area (TPSA) is 36.4 Å². The van der Waals surface area contributed by atoms with Gasteiger partial charge in [-0.05, 0) is 30.4 Å². The van der Waals surface area contributed by atoms with Gasteiger partial charge in [-0.1, -0.05) is 15.9 Å². The molecule has 15 heavy (non-hydrogen) atoms. The van der Waals surface area contributed by atoms with E-state index in [4.69, 9.17) is 12.2 Å². The third kappa shape index (κ3) is 3.93. The molecule has 1 aromatic carbocycles. The Morgan fingerprint density at radius 2 is 2.33 bits per heavy atom. The highest BCUT2D eigenvalue weighted by Crippen LogP contribution is 2.13. The van der Waals surface area contributed by atoms with Gasteiger partial charge in [0, 0.05) is 17.1 Å². The minimum atomic E-state index is -0.334. The Kier molecular flexibility index (Phi) is 4.64. The van der Waals surface area contributed by atoms with Crippen LogP contribution in [0.25, 0.3) is 0 Å². The molecule has 6 heteroatoms. The lowest BCUT2D eigenvalue weighted by molar-refractivity contribution is 0.625. The lowest BCUT2D eigenvalue weighted by atomic mass is 10.2. The van der Waals surface area contributed by atoms with E-state index in [1.54, 1.807) is 19.2 Å². The monoisotopic (exact) mass is 289 g/mol. The number of nitrogens with one attached hydrogen (secondary N) is 2. The van der Waals surface area contributed by atoms with Gasteiger partial charge >= 0.3 is 0 Å². The highest BCUT2D eigenvalue weighted by molar-refractivity contribution is 9.10. The number of benzene rings is 1. The zero-order chi connectivity index (χ0) is 11.3. The van der Waals surface area contributed by atoms with Crippen molar-refractivity contribution in [3.8, 4) is 0 Å². The maximum Gasteiger partial charge on any atom is 0.186 e. The fourth-order valence-electron chi connectivity index (χ4n) is 0.830. The number of hydrazone groups is 1. The molecule has 0 fully saturated rings. The molecular weight excluding hydrogens is 281 g/mol. The molecule has 1 aromatic rings. The maximum absolute atomic E-state index is 13.2. The fraction of sp³-hybridized carbons (Fsp3) is 0.111. The van der Waals surface area contributed by atoms with Crippen LogP contribution >= 0.6 is 28.1 Å². The van der Waals surface area contributed by atoms with Gasteiger partial charge in [0.05, 0.1) is 6.21 Å². The molecule has 80 valence electrons. The molecule has 3 nitrogen and oxygen atoms in total. The van der Waals surface area contributed by atoms with Gasteiger partial charge < -0.3 is 5.32 Å². The van der Waals surface area contributed by atoms with E-state index in [0.29, 0.717) is 10.7 Å². The SMILES string of the molecule is CNC(=S)N/N=C\c1cc(Br)ccc1F. The average molecular weight is 290 g/mol. The lowest BCUT2D eigenvalue weighted by Crippen LogP contribution is -2.28. The van der Waals surface area contributed by atoms with Crippen LogP contribution < -0.4 is 10.7 Å². The van der Waals surface area contributed by atoms with Gasteiger partial charge in [0.25, 0.3) is 0 Å². The van der Waals surface area contributed by atoms with E-state index < -0.39 is 0 Å². The summed E-state index contributed by atoms with van der Waals surface area (Å²) < 4.78 is 14.0. The number of thiocarbonyl (C=S) groups is 1. The van der Waals surface area contributed by atoms with Crippen molar-refractivity contribution in [2.75, 3.05) is 7.05 Å². The predicted octanol–water partition coefficient (Wildman–Crippen LogP) is 2.02. The molecule has 0 aliphatic heterocycles. The Balaban J connectivity index is 2.71. The van der Waals surface area contributed by atoms with Gasteiger partial charge in [-0.3, -0.25) is 5.43 Å². The molecule has 0 radical (unpaired) electrons. The molecular formula is C9H9BrFN3S. The molecule has 0 heterocycles. The molecule has 0 aliphatic rings. The van der Waals surface area contributed by atoms with Gasteiger partial charge in [-0.25, -0.2) is 4.39 Å². The minimum Gasteiger partial charge on any atom is -0.364 e. The smallest absolute Gasteiger partial charge is 0.186 e. The summed E-state index contributed by atoms with van der Waals surface area (Å²) in [7, 11) is 1.67. The molecule has 0 bridgehead atoms. The van der Waals surface area contributed by atoms with Crippen molar-refractivity contribution in [3.63, 3.8) is 0 Å². The van der Waals surface area contributed by atoms with E-state index in [2.05, 4.69) is 31.8 Å². The standard InChI is InChI=1S/C9H9BrFN3S/c1-12-9(15)14-13-5-6-4-7(10)2-3-8(6)11/h2-5H,1H3,(H2,12,14,15)/b13-5-. The molecule has 0 aliphatic carbocycles. The first-order valence-electron chi connectivity index (χ1n) is 4.09. The zero-order valence-electron chi connectivity index (χ0n) is 7.92. The Bertz CT molecular complexity index is 395. The van der Waals surface area contributed by atoms with Crippen LogP contribution in [0.2, 0.25) is 0 Å². The second-order valence-electron chi connectivity index (χ2n) is 2.61.